The van der Waals surface area contributed by atoms with Gasteiger partial charge in [-0.05, 0) is 43.0 Å². The molecule has 132 valence electrons. The smallest absolute Gasteiger partial charge is 0.241 e. The van der Waals surface area contributed by atoms with Crippen LogP contribution in [0.15, 0.2) is 47.4 Å². The molecule has 1 N–H and O–H groups in total. The monoisotopic (exact) mass is 358 g/mol. The number of hydrogen-bond donors (Lipinski definition) is 1. The maximum absolute atomic E-state index is 12.5. The minimum atomic E-state index is -3.70. The number of rotatable bonds is 4. The zero-order valence-electron chi connectivity index (χ0n) is 14.5. The van der Waals surface area contributed by atoms with Crippen LogP contribution in [-0.4, -0.2) is 32.3 Å². The Morgan fingerprint density at radius 1 is 1.12 bits per heavy atom. The summed E-state index contributed by atoms with van der Waals surface area (Å²) in [6.45, 7) is 4.58. The summed E-state index contributed by atoms with van der Waals surface area (Å²) in [6.07, 6.45) is 0.797. The van der Waals surface area contributed by atoms with Crippen LogP contribution in [0.5, 0.6) is 0 Å². The fraction of sp³-hybridized carbons (Fsp3) is 0.316. The van der Waals surface area contributed by atoms with Crippen molar-refractivity contribution in [3.8, 4) is 0 Å². The van der Waals surface area contributed by atoms with Crippen molar-refractivity contribution in [1.29, 1.82) is 0 Å². The predicted octanol–water partition coefficient (Wildman–Crippen LogP) is 2.17. The highest BCUT2D eigenvalue weighted by Crippen LogP contribution is 2.19. The molecule has 25 heavy (non-hydrogen) atoms. The second-order valence-electron chi connectivity index (χ2n) is 6.43. The van der Waals surface area contributed by atoms with Crippen molar-refractivity contribution in [3.05, 3.63) is 64.7 Å². The maximum atomic E-state index is 12.5. The third kappa shape index (κ3) is 3.91. The Morgan fingerprint density at radius 2 is 1.84 bits per heavy atom. The Kier molecular flexibility index (Phi) is 4.92. The van der Waals surface area contributed by atoms with Gasteiger partial charge in [0.1, 0.15) is 0 Å². The molecule has 0 aromatic heterocycles. The highest BCUT2D eigenvalue weighted by Gasteiger charge is 2.23. The molecule has 5 nitrogen and oxygen atoms in total. The molecular weight excluding hydrogens is 336 g/mol. The standard InChI is InChI=1S/C19H22N2O3S/c1-14-7-8-18(15(2)11-14)25(23,24)20-12-19(22)21-10-9-16-5-3-4-6-17(16)13-21/h3-8,11,20H,9-10,12-13H2,1-2H3. The SMILES string of the molecule is Cc1ccc(S(=O)(=O)NCC(=O)N2CCc3ccccc3C2)c(C)c1. The number of carbonyl (C=O) groups is 1. The Labute approximate surface area is 148 Å². The third-order valence-electron chi connectivity index (χ3n) is 4.52. The van der Waals surface area contributed by atoms with E-state index in [9.17, 15) is 13.2 Å². The number of sulfonamides is 1. The van der Waals surface area contributed by atoms with E-state index in [-0.39, 0.29) is 17.3 Å². The normalized spacial score (nSPS) is 14.2. The summed E-state index contributed by atoms with van der Waals surface area (Å²) in [6, 6.07) is 13.2. The molecule has 1 amide bonds. The average molecular weight is 358 g/mol. The maximum Gasteiger partial charge on any atom is 0.241 e. The third-order valence-corrected chi connectivity index (χ3v) is 6.08. The average Bonchev–Trinajstić information content (AvgIpc) is 2.59. The van der Waals surface area contributed by atoms with Gasteiger partial charge in [0, 0.05) is 13.1 Å². The minimum absolute atomic E-state index is 0.206. The molecular formula is C19H22N2O3S. The lowest BCUT2D eigenvalue weighted by Gasteiger charge is -2.29. The topological polar surface area (TPSA) is 66.5 Å². The van der Waals surface area contributed by atoms with Gasteiger partial charge in [0.25, 0.3) is 0 Å². The van der Waals surface area contributed by atoms with Crippen molar-refractivity contribution < 1.29 is 13.2 Å². The first-order chi connectivity index (χ1) is 11.9. The summed E-state index contributed by atoms with van der Waals surface area (Å²) in [7, 11) is -3.70. The molecule has 0 aliphatic carbocycles. The molecule has 0 bridgehead atoms. The van der Waals surface area contributed by atoms with Crippen molar-refractivity contribution in [2.24, 2.45) is 0 Å². The van der Waals surface area contributed by atoms with Crippen LogP contribution in [0, 0.1) is 13.8 Å². The first-order valence-corrected chi connectivity index (χ1v) is 9.76. The van der Waals surface area contributed by atoms with Crippen LogP contribution in [0.1, 0.15) is 22.3 Å². The Bertz CT molecular complexity index is 907. The number of nitrogens with one attached hydrogen (secondary N) is 1. The molecule has 0 fully saturated rings. The van der Waals surface area contributed by atoms with E-state index in [0.717, 1.165) is 17.5 Å². The molecule has 0 saturated carbocycles. The Morgan fingerprint density at radius 3 is 2.56 bits per heavy atom. The van der Waals surface area contributed by atoms with Crippen LogP contribution in [0.3, 0.4) is 0 Å². The van der Waals surface area contributed by atoms with Crippen LogP contribution in [0.2, 0.25) is 0 Å². The highest BCUT2D eigenvalue weighted by molar-refractivity contribution is 7.89. The van der Waals surface area contributed by atoms with Crippen molar-refractivity contribution in [3.63, 3.8) is 0 Å². The summed E-state index contributed by atoms with van der Waals surface area (Å²) in [4.78, 5) is 14.3. The molecule has 0 spiro atoms. The minimum Gasteiger partial charge on any atom is -0.337 e. The van der Waals surface area contributed by atoms with Crippen molar-refractivity contribution >= 4 is 15.9 Å². The van der Waals surface area contributed by atoms with Gasteiger partial charge in [0.2, 0.25) is 15.9 Å². The van der Waals surface area contributed by atoms with E-state index in [1.165, 1.54) is 5.56 Å². The number of hydrogen-bond acceptors (Lipinski definition) is 3. The summed E-state index contributed by atoms with van der Waals surface area (Å²) in [5.74, 6) is -0.206. The van der Waals surface area contributed by atoms with E-state index in [2.05, 4.69) is 10.8 Å². The van der Waals surface area contributed by atoms with Crippen LogP contribution in [0.25, 0.3) is 0 Å². The number of fused-ring (bicyclic) bond motifs is 1. The molecule has 2 aromatic carbocycles. The number of amides is 1. The van der Waals surface area contributed by atoms with Gasteiger partial charge in [-0.2, -0.15) is 0 Å². The largest absolute Gasteiger partial charge is 0.337 e. The summed E-state index contributed by atoms with van der Waals surface area (Å²) < 4.78 is 27.4. The lowest BCUT2D eigenvalue weighted by atomic mass is 10.00. The van der Waals surface area contributed by atoms with Gasteiger partial charge < -0.3 is 4.90 Å². The van der Waals surface area contributed by atoms with Crippen LogP contribution in [0.4, 0.5) is 0 Å². The molecule has 1 aliphatic rings. The van der Waals surface area contributed by atoms with Gasteiger partial charge in [-0.15, -0.1) is 0 Å². The fourth-order valence-electron chi connectivity index (χ4n) is 3.16. The first kappa shape index (κ1) is 17.6. The summed E-state index contributed by atoms with van der Waals surface area (Å²) in [5.41, 5.74) is 4.05. The highest BCUT2D eigenvalue weighted by atomic mass is 32.2. The molecule has 0 atom stereocenters. The van der Waals surface area contributed by atoms with Gasteiger partial charge in [0.05, 0.1) is 11.4 Å². The van der Waals surface area contributed by atoms with Crippen molar-refractivity contribution in [1.82, 2.24) is 9.62 Å². The lowest BCUT2D eigenvalue weighted by Crippen LogP contribution is -2.42. The quantitative estimate of drug-likeness (QED) is 0.911. The molecule has 1 aliphatic heterocycles. The lowest BCUT2D eigenvalue weighted by molar-refractivity contribution is -0.130. The molecule has 2 aromatic rings. The molecule has 0 unspecified atom stereocenters. The molecule has 6 heteroatoms. The van der Waals surface area contributed by atoms with Crippen LogP contribution in [-0.2, 0) is 27.8 Å². The number of benzene rings is 2. The molecule has 3 rings (SSSR count). The fourth-order valence-corrected chi connectivity index (χ4v) is 4.35. The second kappa shape index (κ2) is 6.98. The van der Waals surface area contributed by atoms with Gasteiger partial charge >= 0.3 is 0 Å². The van der Waals surface area contributed by atoms with Crippen LogP contribution < -0.4 is 4.72 Å². The zero-order chi connectivity index (χ0) is 18.0. The van der Waals surface area contributed by atoms with Crippen LogP contribution >= 0.6 is 0 Å². The van der Waals surface area contributed by atoms with E-state index in [1.807, 2.05) is 31.2 Å². The van der Waals surface area contributed by atoms with Crippen molar-refractivity contribution in [2.75, 3.05) is 13.1 Å². The Hall–Kier alpha value is -2.18. The van der Waals surface area contributed by atoms with Gasteiger partial charge in [-0.1, -0.05) is 42.0 Å². The van der Waals surface area contributed by atoms with E-state index in [0.29, 0.717) is 18.7 Å². The summed E-state index contributed by atoms with van der Waals surface area (Å²) in [5, 5.41) is 0. The van der Waals surface area contributed by atoms with E-state index >= 15 is 0 Å². The molecule has 0 radical (unpaired) electrons. The predicted molar refractivity (Wildman–Crippen MR) is 96.7 cm³/mol. The number of aryl methyl sites for hydroxylation is 2. The van der Waals surface area contributed by atoms with E-state index < -0.39 is 10.0 Å². The molecule has 0 saturated heterocycles. The van der Waals surface area contributed by atoms with Gasteiger partial charge in [-0.25, -0.2) is 13.1 Å². The first-order valence-electron chi connectivity index (χ1n) is 8.28. The van der Waals surface area contributed by atoms with Crippen molar-refractivity contribution in [2.45, 2.75) is 31.7 Å². The van der Waals surface area contributed by atoms with Gasteiger partial charge in [-0.3, -0.25) is 4.79 Å². The molecule has 1 heterocycles. The van der Waals surface area contributed by atoms with Gasteiger partial charge in [0.15, 0.2) is 0 Å². The number of nitrogens with zero attached hydrogens (tertiary/aromatic N) is 1. The zero-order valence-corrected chi connectivity index (χ0v) is 15.3. The van der Waals surface area contributed by atoms with E-state index in [4.69, 9.17) is 0 Å². The summed E-state index contributed by atoms with van der Waals surface area (Å²) >= 11 is 0. The van der Waals surface area contributed by atoms with E-state index in [1.54, 1.807) is 24.0 Å². The second-order valence-corrected chi connectivity index (χ2v) is 8.16. The number of carbonyl (C=O) groups excluding carboxylic acids is 1. The Balaban J connectivity index is 1.66.